The first-order valence-corrected chi connectivity index (χ1v) is 5.47. The van der Waals surface area contributed by atoms with Gasteiger partial charge in [0.25, 0.3) is 0 Å². The Morgan fingerprint density at radius 2 is 2.00 bits per heavy atom. The lowest BCUT2D eigenvalue weighted by molar-refractivity contribution is -0.138. The highest BCUT2D eigenvalue weighted by atomic mass is 16.5. The molecule has 0 aliphatic carbocycles. The number of esters is 1. The zero-order valence-corrected chi connectivity index (χ0v) is 9.99. The summed E-state index contributed by atoms with van der Waals surface area (Å²) in [6, 6.07) is 0. The van der Waals surface area contributed by atoms with Gasteiger partial charge in [-0.15, -0.1) is 0 Å². The van der Waals surface area contributed by atoms with Crippen LogP contribution >= 0.6 is 0 Å². The Morgan fingerprint density at radius 3 is 2.53 bits per heavy atom. The Kier molecular flexibility index (Phi) is 8.01. The summed E-state index contributed by atoms with van der Waals surface area (Å²) in [5.74, 6) is 0.281. The lowest BCUT2D eigenvalue weighted by Gasteiger charge is -2.14. The number of hydrogen-bond acceptors (Lipinski definition) is 3. The molecule has 0 amide bonds. The van der Waals surface area contributed by atoms with Gasteiger partial charge in [-0.1, -0.05) is 20.4 Å². The van der Waals surface area contributed by atoms with Crippen LogP contribution in [0.25, 0.3) is 0 Å². The van der Waals surface area contributed by atoms with Gasteiger partial charge in [0, 0.05) is 12.5 Å². The highest BCUT2D eigenvalue weighted by Crippen LogP contribution is 2.07. The van der Waals surface area contributed by atoms with Crippen molar-refractivity contribution in [3.63, 3.8) is 0 Å². The zero-order chi connectivity index (χ0) is 11.7. The first-order chi connectivity index (χ1) is 7.06. The van der Waals surface area contributed by atoms with Gasteiger partial charge in [0.2, 0.25) is 0 Å². The fourth-order valence-electron chi connectivity index (χ4n) is 1.31. The lowest BCUT2D eigenvalue weighted by Crippen LogP contribution is -2.13. The van der Waals surface area contributed by atoms with Gasteiger partial charge in [0.15, 0.2) is 0 Å². The molecule has 0 heterocycles. The molecule has 0 N–H and O–H groups in total. The molecule has 0 bridgehead atoms. The van der Waals surface area contributed by atoms with E-state index in [-0.39, 0.29) is 12.1 Å². The maximum atomic E-state index is 10.7. The first-order valence-electron chi connectivity index (χ1n) is 5.47. The predicted molar refractivity (Wildman–Crippen MR) is 60.6 cm³/mol. The minimum absolute atomic E-state index is 0.278. The normalized spacial score (nSPS) is 12.5. The molecule has 0 saturated carbocycles. The van der Waals surface area contributed by atoms with E-state index in [0.717, 1.165) is 12.8 Å². The second kappa shape index (κ2) is 8.48. The quantitative estimate of drug-likeness (QED) is 0.354. The molecule has 1 atom stereocenters. The molecule has 0 rings (SSSR count). The van der Waals surface area contributed by atoms with E-state index in [0.29, 0.717) is 19.1 Å². The van der Waals surface area contributed by atoms with Gasteiger partial charge in [-0.2, -0.15) is 0 Å². The summed E-state index contributed by atoms with van der Waals surface area (Å²) in [6.07, 6.45) is 3.25. The molecule has 0 saturated heterocycles. The molecule has 88 valence electrons. The molecule has 3 nitrogen and oxygen atoms in total. The highest BCUT2D eigenvalue weighted by molar-refractivity contribution is 5.81. The van der Waals surface area contributed by atoms with Crippen molar-refractivity contribution in [1.82, 2.24) is 0 Å². The lowest BCUT2D eigenvalue weighted by atomic mass is 10.1. The monoisotopic (exact) mass is 214 g/mol. The first kappa shape index (κ1) is 14.2. The third-order valence-electron chi connectivity index (χ3n) is 1.91. The molecule has 0 fully saturated rings. The van der Waals surface area contributed by atoms with E-state index in [9.17, 15) is 4.79 Å². The van der Waals surface area contributed by atoms with Crippen LogP contribution in [0.3, 0.4) is 0 Å². The van der Waals surface area contributed by atoms with E-state index in [4.69, 9.17) is 9.47 Å². The number of carbonyl (C=O) groups is 1. The van der Waals surface area contributed by atoms with Gasteiger partial charge in [-0.05, 0) is 19.3 Å². The Hall–Kier alpha value is -0.830. The van der Waals surface area contributed by atoms with Crippen LogP contribution in [-0.4, -0.2) is 25.3 Å². The van der Waals surface area contributed by atoms with Crippen LogP contribution in [-0.2, 0) is 14.3 Å². The van der Waals surface area contributed by atoms with Crippen LogP contribution in [0, 0.1) is 5.92 Å². The number of carbonyl (C=O) groups excluding carboxylic acids is 1. The standard InChI is InChI=1S/C12H22O3/c1-5-12(13)15-8-6-7-14-11(4)9-10(2)3/h5,10-11H,1,6-9H2,2-4H3. The van der Waals surface area contributed by atoms with Gasteiger partial charge in [0.1, 0.15) is 0 Å². The van der Waals surface area contributed by atoms with Crippen LogP contribution in [0.1, 0.15) is 33.6 Å². The van der Waals surface area contributed by atoms with Crippen molar-refractivity contribution in [2.75, 3.05) is 13.2 Å². The number of rotatable bonds is 8. The van der Waals surface area contributed by atoms with E-state index in [1.807, 2.05) is 0 Å². The van der Waals surface area contributed by atoms with Crippen molar-refractivity contribution in [3.05, 3.63) is 12.7 Å². The average molecular weight is 214 g/mol. The maximum Gasteiger partial charge on any atom is 0.330 e. The van der Waals surface area contributed by atoms with Crippen LogP contribution in [0.15, 0.2) is 12.7 Å². The summed E-state index contributed by atoms with van der Waals surface area (Å²) in [4.78, 5) is 10.7. The number of ether oxygens (including phenoxy) is 2. The van der Waals surface area contributed by atoms with E-state index in [1.165, 1.54) is 6.08 Å². The molecule has 0 aliphatic rings. The fourth-order valence-corrected chi connectivity index (χ4v) is 1.31. The van der Waals surface area contributed by atoms with Gasteiger partial charge < -0.3 is 9.47 Å². The maximum absolute atomic E-state index is 10.7. The Labute approximate surface area is 92.5 Å². The van der Waals surface area contributed by atoms with Gasteiger partial charge in [-0.25, -0.2) is 4.79 Å². The van der Waals surface area contributed by atoms with Crippen LogP contribution in [0.2, 0.25) is 0 Å². The molecule has 15 heavy (non-hydrogen) atoms. The molecule has 0 radical (unpaired) electrons. The van der Waals surface area contributed by atoms with Gasteiger partial charge >= 0.3 is 5.97 Å². The van der Waals surface area contributed by atoms with Gasteiger partial charge in [0.05, 0.1) is 19.3 Å². The van der Waals surface area contributed by atoms with Crippen molar-refractivity contribution in [3.8, 4) is 0 Å². The molecule has 3 heteroatoms. The van der Waals surface area contributed by atoms with Crippen molar-refractivity contribution < 1.29 is 14.3 Å². The van der Waals surface area contributed by atoms with Crippen molar-refractivity contribution in [2.24, 2.45) is 5.92 Å². The van der Waals surface area contributed by atoms with Crippen LogP contribution in [0.5, 0.6) is 0 Å². The fraction of sp³-hybridized carbons (Fsp3) is 0.750. The van der Waals surface area contributed by atoms with E-state index >= 15 is 0 Å². The minimum Gasteiger partial charge on any atom is -0.462 e. The predicted octanol–water partition coefficient (Wildman–Crippen LogP) is 2.56. The largest absolute Gasteiger partial charge is 0.462 e. The van der Waals surface area contributed by atoms with Crippen LogP contribution < -0.4 is 0 Å². The summed E-state index contributed by atoms with van der Waals surface area (Å²) in [5.41, 5.74) is 0. The molecular formula is C12H22O3. The SMILES string of the molecule is C=CC(=O)OCCCOC(C)CC(C)C. The Bertz CT molecular complexity index is 187. The van der Waals surface area contributed by atoms with Crippen LogP contribution in [0.4, 0.5) is 0 Å². The summed E-state index contributed by atoms with van der Waals surface area (Å²) in [6.45, 7) is 10.8. The summed E-state index contributed by atoms with van der Waals surface area (Å²) < 4.78 is 10.4. The highest BCUT2D eigenvalue weighted by Gasteiger charge is 2.04. The summed E-state index contributed by atoms with van der Waals surface area (Å²) >= 11 is 0. The molecular weight excluding hydrogens is 192 g/mol. The molecule has 0 aliphatic heterocycles. The zero-order valence-electron chi connectivity index (χ0n) is 9.99. The Balaban J connectivity index is 3.30. The van der Waals surface area contributed by atoms with E-state index in [1.54, 1.807) is 0 Å². The molecule has 1 unspecified atom stereocenters. The molecule has 0 spiro atoms. The van der Waals surface area contributed by atoms with E-state index < -0.39 is 0 Å². The molecule has 0 aromatic heterocycles. The smallest absolute Gasteiger partial charge is 0.330 e. The summed E-state index contributed by atoms with van der Waals surface area (Å²) in [5, 5.41) is 0. The topological polar surface area (TPSA) is 35.5 Å². The van der Waals surface area contributed by atoms with Crippen molar-refractivity contribution in [2.45, 2.75) is 39.7 Å². The third-order valence-corrected chi connectivity index (χ3v) is 1.91. The minimum atomic E-state index is -0.370. The van der Waals surface area contributed by atoms with Gasteiger partial charge in [-0.3, -0.25) is 0 Å². The second-order valence-corrected chi connectivity index (χ2v) is 4.04. The number of hydrogen-bond donors (Lipinski definition) is 0. The summed E-state index contributed by atoms with van der Waals surface area (Å²) in [7, 11) is 0. The Morgan fingerprint density at radius 1 is 1.33 bits per heavy atom. The van der Waals surface area contributed by atoms with Crippen molar-refractivity contribution >= 4 is 5.97 Å². The van der Waals surface area contributed by atoms with Crippen molar-refractivity contribution in [1.29, 1.82) is 0 Å². The molecule has 0 aromatic rings. The third kappa shape index (κ3) is 9.47. The van der Waals surface area contributed by atoms with E-state index in [2.05, 4.69) is 27.4 Å². The second-order valence-electron chi connectivity index (χ2n) is 4.04. The average Bonchev–Trinajstić information content (AvgIpc) is 2.15. The molecule has 0 aromatic carbocycles.